The number of anilines is 1. The highest BCUT2D eigenvalue weighted by atomic mass is 16.1. The summed E-state index contributed by atoms with van der Waals surface area (Å²) in [7, 11) is 0. The molecule has 1 aliphatic rings. The van der Waals surface area contributed by atoms with Crippen LogP contribution in [0, 0.1) is 6.92 Å². The number of hydrogen-bond acceptors (Lipinski definition) is 3. The zero-order valence-electron chi connectivity index (χ0n) is 12.2. The first-order valence-electron chi connectivity index (χ1n) is 7.37. The Morgan fingerprint density at radius 2 is 2.29 bits per heavy atom. The van der Waals surface area contributed by atoms with Gasteiger partial charge in [0, 0.05) is 31.0 Å². The molecule has 0 fully saturated rings. The minimum atomic E-state index is -0.0527. The van der Waals surface area contributed by atoms with E-state index in [0.29, 0.717) is 12.1 Å². The molecular formula is C16H20N4O. The first kappa shape index (κ1) is 13.7. The maximum atomic E-state index is 11.9. The van der Waals surface area contributed by atoms with Crippen LogP contribution >= 0.6 is 0 Å². The lowest BCUT2D eigenvalue weighted by Gasteiger charge is -2.19. The third-order valence-corrected chi connectivity index (χ3v) is 3.95. The van der Waals surface area contributed by atoms with Gasteiger partial charge in [0.1, 0.15) is 0 Å². The Morgan fingerprint density at radius 3 is 3.10 bits per heavy atom. The van der Waals surface area contributed by atoms with Crippen LogP contribution in [0.3, 0.4) is 0 Å². The van der Waals surface area contributed by atoms with Crippen molar-refractivity contribution in [2.45, 2.75) is 19.8 Å². The summed E-state index contributed by atoms with van der Waals surface area (Å²) in [5, 5.41) is 9.59. The SMILES string of the molecule is Cc1[nH]ncc1C(=O)NCCCN1CCc2ccccc21. The number of nitrogens with zero attached hydrogens (tertiary/aromatic N) is 2. The predicted molar refractivity (Wildman–Crippen MR) is 82.6 cm³/mol. The van der Waals surface area contributed by atoms with Gasteiger partial charge < -0.3 is 10.2 Å². The normalized spacial score (nSPS) is 13.3. The number of aromatic amines is 1. The lowest BCUT2D eigenvalue weighted by atomic mass is 10.2. The van der Waals surface area contributed by atoms with Crippen LogP contribution in [0.5, 0.6) is 0 Å². The van der Waals surface area contributed by atoms with Gasteiger partial charge in [0.25, 0.3) is 5.91 Å². The van der Waals surface area contributed by atoms with Crippen LogP contribution in [0.2, 0.25) is 0 Å². The van der Waals surface area contributed by atoms with E-state index in [4.69, 9.17) is 0 Å². The van der Waals surface area contributed by atoms with E-state index < -0.39 is 0 Å². The number of fused-ring (bicyclic) bond motifs is 1. The molecule has 0 radical (unpaired) electrons. The lowest BCUT2D eigenvalue weighted by molar-refractivity contribution is 0.0953. The average Bonchev–Trinajstić information content (AvgIpc) is 3.10. The monoisotopic (exact) mass is 284 g/mol. The summed E-state index contributed by atoms with van der Waals surface area (Å²) < 4.78 is 0. The van der Waals surface area contributed by atoms with Gasteiger partial charge in [-0.2, -0.15) is 5.10 Å². The first-order valence-corrected chi connectivity index (χ1v) is 7.37. The van der Waals surface area contributed by atoms with Crippen molar-refractivity contribution in [2.75, 3.05) is 24.5 Å². The van der Waals surface area contributed by atoms with Crippen molar-refractivity contribution in [3.8, 4) is 0 Å². The molecule has 0 spiro atoms. The third-order valence-electron chi connectivity index (χ3n) is 3.95. The fourth-order valence-corrected chi connectivity index (χ4v) is 2.79. The van der Waals surface area contributed by atoms with E-state index in [1.54, 1.807) is 6.20 Å². The molecular weight excluding hydrogens is 264 g/mol. The number of aromatic nitrogens is 2. The Bertz CT molecular complexity index is 635. The Hall–Kier alpha value is -2.30. The molecule has 0 saturated carbocycles. The molecule has 1 amide bonds. The van der Waals surface area contributed by atoms with Crippen LogP contribution in [-0.2, 0) is 6.42 Å². The van der Waals surface area contributed by atoms with E-state index in [9.17, 15) is 4.79 Å². The van der Waals surface area contributed by atoms with Gasteiger partial charge in [0.05, 0.1) is 11.8 Å². The van der Waals surface area contributed by atoms with Gasteiger partial charge in [-0.25, -0.2) is 0 Å². The van der Waals surface area contributed by atoms with E-state index in [1.807, 2.05) is 6.92 Å². The van der Waals surface area contributed by atoms with Gasteiger partial charge in [-0.15, -0.1) is 0 Å². The van der Waals surface area contributed by atoms with Crippen LogP contribution in [0.4, 0.5) is 5.69 Å². The molecule has 0 unspecified atom stereocenters. The van der Waals surface area contributed by atoms with E-state index >= 15 is 0 Å². The number of carbonyl (C=O) groups excluding carboxylic acids is 1. The van der Waals surface area contributed by atoms with E-state index in [-0.39, 0.29) is 5.91 Å². The first-order chi connectivity index (χ1) is 10.3. The summed E-state index contributed by atoms with van der Waals surface area (Å²) in [6.45, 7) is 4.58. The molecule has 0 aliphatic carbocycles. The molecule has 2 heterocycles. The number of rotatable bonds is 5. The van der Waals surface area contributed by atoms with Crippen LogP contribution in [0.15, 0.2) is 30.5 Å². The second-order valence-electron chi connectivity index (χ2n) is 5.38. The van der Waals surface area contributed by atoms with Gasteiger partial charge in [-0.3, -0.25) is 9.89 Å². The van der Waals surface area contributed by atoms with Crippen LogP contribution in [0.1, 0.15) is 28.0 Å². The molecule has 0 saturated heterocycles. The molecule has 3 rings (SSSR count). The fraction of sp³-hybridized carbons (Fsp3) is 0.375. The third kappa shape index (κ3) is 2.91. The van der Waals surface area contributed by atoms with Gasteiger partial charge in [0.2, 0.25) is 0 Å². The van der Waals surface area contributed by atoms with Crippen molar-refractivity contribution in [3.63, 3.8) is 0 Å². The minimum Gasteiger partial charge on any atom is -0.371 e. The molecule has 2 N–H and O–H groups in total. The van der Waals surface area contributed by atoms with Crippen LogP contribution in [-0.4, -0.2) is 35.7 Å². The number of benzene rings is 1. The number of hydrogen-bond donors (Lipinski definition) is 2. The number of nitrogens with one attached hydrogen (secondary N) is 2. The van der Waals surface area contributed by atoms with E-state index in [1.165, 1.54) is 11.3 Å². The highest BCUT2D eigenvalue weighted by Crippen LogP contribution is 2.27. The Balaban J connectivity index is 1.45. The number of aryl methyl sites for hydroxylation is 1. The van der Waals surface area contributed by atoms with Gasteiger partial charge in [-0.05, 0) is 31.4 Å². The summed E-state index contributed by atoms with van der Waals surface area (Å²) in [6, 6.07) is 8.55. The topological polar surface area (TPSA) is 61.0 Å². The maximum absolute atomic E-state index is 11.9. The lowest BCUT2D eigenvalue weighted by Crippen LogP contribution is -2.29. The predicted octanol–water partition coefficient (Wildman–Crippen LogP) is 1.90. The van der Waals surface area contributed by atoms with Crippen molar-refractivity contribution < 1.29 is 4.79 Å². The van der Waals surface area contributed by atoms with Crippen molar-refractivity contribution in [2.24, 2.45) is 0 Å². The Morgan fingerprint density at radius 1 is 1.43 bits per heavy atom. The summed E-state index contributed by atoms with van der Waals surface area (Å²) in [6.07, 6.45) is 3.63. The molecule has 1 aromatic heterocycles. The average molecular weight is 284 g/mol. The van der Waals surface area contributed by atoms with E-state index in [2.05, 4.69) is 44.7 Å². The standard InChI is InChI=1S/C16H20N4O/c1-12-14(11-18-19-12)16(21)17-8-4-9-20-10-7-13-5-2-3-6-15(13)20/h2-3,5-6,11H,4,7-10H2,1H3,(H,17,21)(H,18,19). The molecule has 5 nitrogen and oxygen atoms in total. The number of para-hydroxylation sites is 1. The molecule has 0 bridgehead atoms. The highest BCUT2D eigenvalue weighted by Gasteiger charge is 2.17. The summed E-state index contributed by atoms with van der Waals surface area (Å²) in [5.74, 6) is -0.0527. The number of carbonyl (C=O) groups is 1. The summed E-state index contributed by atoms with van der Waals surface area (Å²) in [4.78, 5) is 14.3. The molecule has 2 aromatic rings. The second kappa shape index (κ2) is 5.99. The number of H-pyrrole nitrogens is 1. The summed E-state index contributed by atoms with van der Waals surface area (Å²) in [5.41, 5.74) is 4.20. The van der Waals surface area contributed by atoms with Crippen molar-refractivity contribution in [1.82, 2.24) is 15.5 Å². The zero-order valence-corrected chi connectivity index (χ0v) is 12.2. The van der Waals surface area contributed by atoms with Gasteiger partial charge >= 0.3 is 0 Å². The summed E-state index contributed by atoms with van der Waals surface area (Å²) >= 11 is 0. The van der Waals surface area contributed by atoms with Crippen molar-refractivity contribution in [3.05, 3.63) is 47.3 Å². The number of amides is 1. The molecule has 0 atom stereocenters. The van der Waals surface area contributed by atoms with Crippen molar-refractivity contribution >= 4 is 11.6 Å². The largest absolute Gasteiger partial charge is 0.371 e. The second-order valence-corrected chi connectivity index (χ2v) is 5.38. The Labute approximate surface area is 124 Å². The zero-order chi connectivity index (χ0) is 14.7. The van der Waals surface area contributed by atoms with Gasteiger partial charge in [-0.1, -0.05) is 18.2 Å². The van der Waals surface area contributed by atoms with Crippen molar-refractivity contribution in [1.29, 1.82) is 0 Å². The minimum absolute atomic E-state index is 0.0527. The fourth-order valence-electron chi connectivity index (χ4n) is 2.79. The molecule has 5 heteroatoms. The smallest absolute Gasteiger partial charge is 0.254 e. The molecule has 110 valence electrons. The van der Waals surface area contributed by atoms with Gasteiger partial charge in [0.15, 0.2) is 0 Å². The maximum Gasteiger partial charge on any atom is 0.254 e. The molecule has 1 aliphatic heterocycles. The van der Waals surface area contributed by atoms with Crippen LogP contribution < -0.4 is 10.2 Å². The molecule has 21 heavy (non-hydrogen) atoms. The Kier molecular flexibility index (Phi) is 3.90. The highest BCUT2D eigenvalue weighted by molar-refractivity contribution is 5.94. The van der Waals surface area contributed by atoms with Crippen LogP contribution in [0.25, 0.3) is 0 Å². The molecule has 1 aromatic carbocycles. The quantitative estimate of drug-likeness (QED) is 0.824. The van der Waals surface area contributed by atoms with E-state index in [0.717, 1.165) is 31.6 Å².